The van der Waals surface area contributed by atoms with Crippen LogP contribution < -0.4 is 5.46 Å². The summed E-state index contributed by atoms with van der Waals surface area (Å²) < 4.78 is 27.5. The van der Waals surface area contributed by atoms with Crippen molar-refractivity contribution in [2.24, 2.45) is 0 Å². The summed E-state index contributed by atoms with van der Waals surface area (Å²) in [7, 11) is -1.84. The van der Waals surface area contributed by atoms with Crippen LogP contribution in [0.3, 0.4) is 0 Å². The Labute approximate surface area is 83.9 Å². The SMILES string of the molecule is Cc1nc2c(F)cc(B(O)O)cn2c1F. The summed E-state index contributed by atoms with van der Waals surface area (Å²) in [5, 5.41) is 17.7. The molecule has 0 aliphatic rings. The molecule has 7 heteroatoms. The van der Waals surface area contributed by atoms with Gasteiger partial charge < -0.3 is 10.0 Å². The van der Waals surface area contributed by atoms with Crippen molar-refractivity contribution in [1.82, 2.24) is 9.38 Å². The summed E-state index contributed by atoms with van der Waals surface area (Å²) in [6.45, 7) is 1.40. The van der Waals surface area contributed by atoms with Crippen LogP contribution in [0.1, 0.15) is 5.69 Å². The number of imidazole rings is 1. The first-order valence-corrected chi connectivity index (χ1v) is 4.20. The van der Waals surface area contributed by atoms with Crippen LogP contribution in [0.25, 0.3) is 5.65 Å². The second-order valence-corrected chi connectivity index (χ2v) is 3.18. The van der Waals surface area contributed by atoms with E-state index in [9.17, 15) is 8.78 Å². The summed E-state index contributed by atoms with van der Waals surface area (Å²) in [6.07, 6.45) is 1.10. The van der Waals surface area contributed by atoms with E-state index in [2.05, 4.69) is 4.98 Å². The maximum atomic E-state index is 13.4. The van der Waals surface area contributed by atoms with E-state index in [0.717, 1.165) is 16.7 Å². The maximum Gasteiger partial charge on any atom is 0.490 e. The van der Waals surface area contributed by atoms with Crippen molar-refractivity contribution in [3.8, 4) is 0 Å². The fourth-order valence-electron chi connectivity index (χ4n) is 1.35. The van der Waals surface area contributed by atoms with E-state index >= 15 is 0 Å². The molecule has 0 fully saturated rings. The predicted octanol–water partition coefficient (Wildman–Crippen LogP) is -0.399. The lowest BCUT2D eigenvalue weighted by Crippen LogP contribution is -2.31. The fraction of sp³-hybridized carbons (Fsp3) is 0.125. The molecule has 0 aliphatic heterocycles. The van der Waals surface area contributed by atoms with Gasteiger partial charge in [0.2, 0.25) is 5.95 Å². The molecular formula is C8H7BF2N2O2. The van der Waals surface area contributed by atoms with Gasteiger partial charge in [0, 0.05) is 11.7 Å². The van der Waals surface area contributed by atoms with Crippen LogP contribution in [-0.4, -0.2) is 26.6 Å². The van der Waals surface area contributed by atoms with Gasteiger partial charge in [-0.1, -0.05) is 0 Å². The van der Waals surface area contributed by atoms with Gasteiger partial charge in [0.15, 0.2) is 11.5 Å². The number of hydrogen-bond donors (Lipinski definition) is 2. The molecule has 0 amide bonds. The number of aromatic nitrogens is 2. The summed E-state index contributed by atoms with van der Waals surface area (Å²) >= 11 is 0. The molecule has 4 nitrogen and oxygen atoms in total. The topological polar surface area (TPSA) is 57.8 Å². The molecule has 0 radical (unpaired) electrons. The molecule has 0 aromatic carbocycles. The molecular weight excluding hydrogens is 205 g/mol. The van der Waals surface area contributed by atoms with Crippen LogP contribution >= 0.6 is 0 Å². The second-order valence-electron chi connectivity index (χ2n) is 3.18. The van der Waals surface area contributed by atoms with Crippen LogP contribution in [0.5, 0.6) is 0 Å². The Morgan fingerprint density at radius 3 is 2.67 bits per heavy atom. The number of hydrogen-bond acceptors (Lipinski definition) is 3. The first-order chi connectivity index (χ1) is 7.00. The number of pyridine rings is 1. The van der Waals surface area contributed by atoms with Gasteiger partial charge in [-0.15, -0.1) is 0 Å². The number of rotatable bonds is 1. The lowest BCUT2D eigenvalue weighted by Gasteiger charge is -2.01. The summed E-state index contributed by atoms with van der Waals surface area (Å²) in [5.41, 5.74) is -0.246. The van der Waals surface area contributed by atoms with E-state index in [1.165, 1.54) is 6.92 Å². The molecule has 2 heterocycles. The largest absolute Gasteiger partial charge is 0.490 e. The minimum atomic E-state index is -1.84. The number of halogens is 2. The molecule has 0 atom stereocenters. The van der Waals surface area contributed by atoms with Gasteiger partial charge in [-0.3, -0.25) is 4.40 Å². The highest BCUT2D eigenvalue weighted by Gasteiger charge is 2.18. The smallest absolute Gasteiger partial charge is 0.423 e. The van der Waals surface area contributed by atoms with E-state index < -0.39 is 18.9 Å². The molecule has 15 heavy (non-hydrogen) atoms. The van der Waals surface area contributed by atoms with Crippen molar-refractivity contribution < 1.29 is 18.8 Å². The monoisotopic (exact) mass is 212 g/mol. The third-order valence-corrected chi connectivity index (χ3v) is 2.10. The Morgan fingerprint density at radius 1 is 1.40 bits per heavy atom. The lowest BCUT2D eigenvalue weighted by atomic mass is 9.82. The van der Waals surface area contributed by atoms with E-state index in [-0.39, 0.29) is 16.8 Å². The molecule has 2 N–H and O–H groups in total. The van der Waals surface area contributed by atoms with Crippen LogP contribution in [0.4, 0.5) is 8.78 Å². The molecule has 2 rings (SSSR count). The average molecular weight is 212 g/mol. The highest BCUT2D eigenvalue weighted by Crippen LogP contribution is 2.12. The number of nitrogens with zero attached hydrogens (tertiary/aromatic N) is 2. The van der Waals surface area contributed by atoms with Crippen molar-refractivity contribution >= 4 is 18.2 Å². The second kappa shape index (κ2) is 3.28. The molecule has 0 saturated heterocycles. The van der Waals surface area contributed by atoms with E-state index in [0.29, 0.717) is 0 Å². The normalized spacial score (nSPS) is 11.0. The van der Waals surface area contributed by atoms with Crippen molar-refractivity contribution in [3.05, 3.63) is 29.7 Å². The van der Waals surface area contributed by atoms with E-state index in [4.69, 9.17) is 10.0 Å². The van der Waals surface area contributed by atoms with Crippen molar-refractivity contribution in [2.45, 2.75) is 6.92 Å². The summed E-state index contributed by atoms with van der Waals surface area (Å²) in [5.74, 6) is -1.51. The number of fused-ring (bicyclic) bond motifs is 1. The van der Waals surface area contributed by atoms with Crippen molar-refractivity contribution in [3.63, 3.8) is 0 Å². The number of aryl methyl sites for hydroxylation is 1. The average Bonchev–Trinajstić information content (AvgIpc) is 2.45. The van der Waals surface area contributed by atoms with Crippen LogP contribution in [0, 0.1) is 18.7 Å². The minimum Gasteiger partial charge on any atom is -0.423 e. The van der Waals surface area contributed by atoms with Crippen LogP contribution in [0.15, 0.2) is 12.3 Å². The van der Waals surface area contributed by atoms with E-state index in [1.54, 1.807) is 0 Å². The van der Waals surface area contributed by atoms with Crippen molar-refractivity contribution in [2.75, 3.05) is 0 Å². The third-order valence-electron chi connectivity index (χ3n) is 2.10. The van der Waals surface area contributed by atoms with Gasteiger partial charge in [0.25, 0.3) is 0 Å². The van der Waals surface area contributed by atoms with Gasteiger partial charge >= 0.3 is 7.12 Å². The van der Waals surface area contributed by atoms with Crippen molar-refractivity contribution in [1.29, 1.82) is 0 Å². The summed E-state index contributed by atoms with van der Waals surface area (Å²) in [6, 6.07) is 0.909. The Balaban J connectivity index is 2.79. The van der Waals surface area contributed by atoms with E-state index in [1.807, 2.05) is 0 Å². The van der Waals surface area contributed by atoms with Gasteiger partial charge in [-0.05, 0) is 13.0 Å². The predicted molar refractivity (Wildman–Crippen MR) is 49.7 cm³/mol. The van der Waals surface area contributed by atoms with Gasteiger partial charge in [-0.25, -0.2) is 9.37 Å². The van der Waals surface area contributed by atoms with Gasteiger partial charge in [0.05, 0.1) is 5.69 Å². The zero-order valence-corrected chi connectivity index (χ0v) is 7.78. The van der Waals surface area contributed by atoms with Gasteiger partial charge in [0.1, 0.15) is 0 Å². The molecule has 0 unspecified atom stereocenters. The minimum absolute atomic E-state index is 0.0541. The molecule has 78 valence electrons. The fourth-order valence-corrected chi connectivity index (χ4v) is 1.35. The zero-order chi connectivity index (χ0) is 11.2. The lowest BCUT2D eigenvalue weighted by molar-refractivity contribution is 0.425. The Hall–Kier alpha value is -1.47. The standard InChI is InChI=1S/C8H7BF2N2O2/c1-4-7(11)13-3-5(9(14)15)2-6(10)8(13)12-4/h2-3,14-15H,1H3. The van der Waals surface area contributed by atoms with Crippen LogP contribution in [0.2, 0.25) is 0 Å². The first kappa shape index (κ1) is 10.1. The molecule has 0 saturated carbocycles. The molecule has 2 aromatic heterocycles. The third kappa shape index (κ3) is 1.49. The highest BCUT2D eigenvalue weighted by molar-refractivity contribution is 6.58. The van der Waals surface area contributed by atoms with Crippen LogP contribution in [-0.2, 0) is 0 Å². The Bertz CT molecular complexity index is 527. The molecule has 0 bridgehead atoms. The molecule has 0 spiro atoms. The van der Waals surface area contributed by atoms with Gasteiger partial charge in [-0.2, -0.15) is 4.39 Å². The Morgan fingerprint density at radius 2 is 2.07 bits per heavy atom. The highest BCUT2D eigenvalue weighted by atomic mass is 19.1. The Kier molecular flexibility index (Phi) is 2.20. The quantitative estimate of drug-likeness (QED) is 0.632. The first-order valence-electron chi connectivity index (χ1n) is 4.20. The zero-order valence-electron chi connectivity index (χ0n) is 7.78. The maximum absolute atomic E-state index is 13.4. The molecule has 0 aliphatic carbocycles. The molecule has 2 aromatic rings. The summed E-state index contributed by atoms with van der Waals surface area (Å²) in [4.78, 5) is 3.66.